The minimum Gasteiger partial charge on any atom is -0.366 e. The van der Waals surface area contributed by atoms with Crippen LogP contribution in [0.15, 0.2) is 34.5 Å². The van der Waals surface area contributed by atoms with E-state index in [0.29, 0.717) is 29.8 Å². The first-order valence-corrected chi connectivity index (χ1v) is 14.2. The molecule has 1 unspecified atom stereocenters. The Hall–Kier alpha value is -1.48. The van der Waals surface area contributed by atoms with E-state index in [1.54, 1.807) is 21.7 Å². The average Bonchev–Trinajstić information content (AvgIpc) is 3.44. The zero-order valence-electron chi connectivity index (χ0n) is 19.0. The molecule has 1 N–H and O–H groups in total. The number of hydrogen-bond acceptors (Lipinski definition) is 6. The highest BCUT2D eigenvalue weighted by Crippen LogP contribution is 2.43. The molecule has 5 rings (SSSR count). The molecule has 32 heavy (non-hydrogen) atoms. The van der Waals surface area contributed by atoms with Crippen molar-refractivity contribution in [2.75, 3.05) is 32.0 Å². The monoisotopic (exact) mass is 474 g/mol. The number of thiophene rings is 1. The van der Waals surface area contributed by atoms with Crippen LogP contribution in [0.25, 0.3) is 0 Å². The van der Waals surface area contributed by atoms with E-state index in [4.69, 9.17) is 0 Å². The molecule has 0 amide bonds. The predicted octanol–water partition coefficient (Wildman–Crippen LogP) is 4.51. The van der Waals surface area contributed by atoms with Gasteiger partial charge in [0, 0.05) is 36.2 Å². The Morgan fingerprint density at radius 3 is 2.59 bits per heavy atom. The molecular formula is C24H34N4O2S2. The predicted molar refractivity (Wildman–Crippen MR) is 130 cm³/mol. The van der Waals surface area contributed by atoms with Gasteiger partial charge in [-0.1, -0.05) is 31.7 Å². The highest BCUT2D eigenvalue weighted by atomic mass is 32.2. The maximum atomic E-state index is 13.7. The molecule has 2 saturated carbocycles. The summed E-state index contributed by atoms with van der Waals surface area (Å²) in [5.74, 6) is 2.21. The van der Waals surface area contributed by atoms with E-state index >= 15 is 0 Å². The number of nitrogens with one attached hydrogen (secondary N) is 1. The van der Waals surface area contributed by atoms with Crippen molar-refractivity contribution < 1.29 is 8.42 Å². The Morgan fingerprint density at radius 1 is 1.09 bits per heavy atom. The second-order valence-corrected chi connectivity index (χ2v) is 12.7. The molecule has 2 aliphatic carbocycles. The average molecular weight is 475 g/mol. The zero-order chi connectivity index (χ0) is 22.3. The smallest absolute Gasteiger partial charge is 0.246 e. The number of likely N-dealkylation sites (N-methyl/N-ethyl adjacent to an activating group) is 1. The van der Waals surface area contributed by atoms with Crippen LogP contribution in [0.5, 0.6) is 0 Å². The molecule has 1 aliphatic heterocycles. The van der Waals surface area contributed by atoms with Crippen LogP contribution in [0.3, 0.4) is 0 Å². The maximum absolute atomic E-state index is 13.7. The highest BCUT2D eigenvalue weighted by molar-refractivity contribution is 7.89. The first kappa shape index (κ1) is 22.3. The largest absolute Gasteiger partial charge is 0.366 e. The van der Waals surface area contributed by atoms with Crippen molar-refractivity contribution in [3.05, 3.63) is 40.2 Å². The molecule has 3 fully saturated rings. The van der Waals surface area contributed by atoms with Crippen molar-refractivity contribution in [3.63, 3.8) is 0 Å². The zero-order valence-corrected chi connectivity index (χ0v) is 20.7. The van der Waals surface area contributed by atoms with Crippen molar-refractivity contribution in [1.29, 1.82) is 0 Å². The van der Waals surface area contributed by atoms with E-state index in [1.807, 2.05) is 19.1 Å². The van der Waals surface area contributed by atoms with Gasteiger partial charge < -0.3 is 5.32 Å². The number of aryl methyl sites for hydroxylation is 1. The van der Waals surface area contributed by atoms with Crippen LogP contribution in [0.2, 0.25) is 0 Å². The van der Waals surface area contributed by atoms with Gasteiger partial charge in [0.05, 0.1) is 6.04 Å². The summed E-state index contributed by atoms with van der Waals surface area (Å²) in [5.41, 5.74) is 0.841. The molecule has 6 nitrogen and oxygen atoms in total. The molecule has 0 bridgehead atoms. The van der Waals surface area contributed by atoms with Crippen molar-refractivity contribution in [2.45, 2.75) is 62.4 Å². The maximum Gasteiger partial charge on any atom is 0.246 e. The molecule has 174 valence electrons. The lowest BCUT2D eigenvalue weighted by Crippen LogP contribution is -2.49. The van der Waals surface area contributed by atoms with Gasteiger partial charge >= 0.3 is 0 Å². The van der Waals surface area contributed by atoms with Gasteiger partial charge in [-0.25, -0.2) is 13.4 Å². The van der Waals surface area contributed by atoms with Gasteiger partial charge in [0.15, 0.2) is 0 Å². The number of hydrogen-bond donors (Lipinski definition) is 1. The van der Waals surface area contributed by atoms with Crippen LogP contribution < -0.4 is 5.32 Å². The van der Waals surface area contributed by atoms with Gasteiger partial charge in [-0.15, -0.1) is 11.3 Å². The summed E-state index contributed by atoms with van der Waals surface area (Å²) in [4.78, 5) is 8.42. The highest BCUT2D eigenvalue weighted by Gasteiger charge is 2.39. The Morgan fingerprint density at radius 2 is 1.88 bits per heavy atom. The topological polar surface area (TPSA) is 65.5 Å². The van der Waals surface area contributed by atoms with Crippen LogP contribution in [0.4, 0.5) is 5.82 Å². The van der Waals surface area contributed by atoms with Gasteiger partial charge in [0.2, 0.25) is 10.0 Å². The summed E-state index contributed by atoms with van der Waals surface area (Å²) in [6.45, 7) is 3.61. The standard InChI is InChI=1S/C24H34N4O2S2/c1-17-9-10-23(24(25-17)26-20-14-19(15-20)18-6-3-4-7-18)32(29,30)28-12-11-27(2)21(16-28)22-8-5-13-31-22/h5,8-10,13,18-21H,3-4,6-7,11-12,14-16H2,1-2H3,(H,25,26). The quantitative estimate of drug-likeness (QED) is 0.667. The van der Waals surface area contributed by atoms with E-state index in [0.717, 1.165) is 36.9 Å². The summed E-state index contributed by atoms with van der Waals surface area (Å²) in [6.07, 6.45) is 7.75. The Labute approximate surface area is 196 Å². The Kier molecular flexibility index (Phi) is 6.31. The van der Waals surface area contributed by atoms with Crippen LogP contribution in [-0.2, 0) is 10.0 Å². The third kappa shape index (κ3) is 4.34. The molecule has 0 aromatic carbocycles. The molecule has 0 spiro atoms. The molecule has 1 atom stereocenters. The summed E-state index contributed by atoms with van der Waals surface area (Å²) in [6, 6.07) is 8.10. The van der Waals surface area contributed by atoms with Gasteiger partial charge in [-0.3, -0.25) is 4.90 Å². The second kappa shape index (κ2) is 9.05. The van der Waals surface area contributed by atoms with E-state index in [9.17, 15) is 8.42 Å². The lowest BCUT2D eigenvalue weighted by Gasteiger charge is -2.41. The molecule has 3 aliphatic rings. The molecular weight excluding hydrogens is 440 g/mol. The van der Waals surface area contributed by atoms with Crippen molar-refractivity contribution in [3.8, 4) is 0 Å². The first-order valence-electron chi connectivity index (χ1n) is 11.9. The van der Waals surface area contributed by atoms with Gasteiger partial charge in [0.1, 0.15) is 10.7 Å². The first-order chi connectivity index (χ1) is 15.4. The van der Waals surface area contributed by atoms with Crippen molar-refractivity contribution >= 4 is 27.2 Å². The molecule has 2 aromatic rings. The van der Waals surface area contributed by atoms with E-state index in [1.165, 1.54) is 30.6 Å². The van der Waals surface area contributed by atoms with Crippen LogP contribution in [0.1, 0.15) is 55.1 Å². The van der Waals surface area contributed by atoms with Crippen molar-refractivity contribution in [1.82, 2.24) is 14.2 Å². The fraction of sp³-hybridized carbons (Fsp3) is 0.625. The van der Waals surface area contributed by atoms with Gasteiger partial charge in [-0.2, -0.15) is 4.31 Å². The normalized spacial score (nSPS) is 28.0. The number of anilines is 1. The fourth-order valence-corrected chi connectivity index (χ4v) is 8.05. The third-order valence-electron chi connectivity index (χ3n) is 7.68. The summed E-state index contributed by atoms with van der Waals surface area (Å²) < 4.78 is 29.1. The number of sulfonamides is 1. The molecule has 0 radical (unpaired) electrons. The van der Waals surface area contributed by atoms with Crippen LogP contribution in [0, 0.1) is 18.8 Å². The lowest BCUT2D eigenvalue weighted by atomic mass is 9.71. The number of pyridine rings is 1. The molecule has 1 saturated heterocycles. The van der Waals surface area contributed by atoms with Crippen molar-refractivity contribution in [2.24, 2.45) is 11.8 Å². The number of rotatable bonds is 6. The summed E-state index contributed by atoms with van der Waals surface area (Å²) in [5, 5.41) is 5.56. The number of piperazine rings is 1. The number of aromatic nitrogens is 1. The summed E-state index contributed by atoms with van der Waals surface area (Å²) in [7, 11) is -1.55. The minimum absolute atomic E-state index is 0.0899. The minimum atomic E-state index is -3.63. The van der Waals surface area contributed by atoms with E-state index in [-0.39, 0.29) is 6.04 Å². The van der Waals surface area contributed by atoms with Gasteiger partial charge in [0.25, 0.3) is 0 Å². The van der Waals surface area contributed by atoms with Crippen LogP contribution >= 0.6 is 11.3 Å². The SMILES string of the molecule is Cc1ccc(S(=O)(=O)N2CCN(C)C(c3cccs3)C2)c(NC2CC(C3CCCC3)C2)n1. The van der Waals surface area contributed by atoms with Crippen LogP contribution in [-0.4, -0.2) is 55.3 Å². The second-order valence-electron chi connectivity index (χ2n) is 9.79. The van der Waals surface area contributed by atoms with E-state index < -0.39 is 10.0 Å². The van der Waals surface area contributed by atoms with E-state index in [2.05, 4.69) is 33.7 Å². The third-order valence-corrected chi connectivity index (χ3v) is 10.5. The van der Waals surface area contributed by atoms with Gasteiger partial charge in [-0.05, 0) is 62.2 Å². The molecule has 3 heterocycles. The summed E-state index contributed by atoms with van der Waals surface area (Å²) >= 11 is 1.69. The Bertz CT molecular complexity index is 1030. The molecule has 2 aromatic heterocycles. The number of nitrogens with zero attached hydrogens (tertiary/aromatic N) is 3. The lowest BCUT2D eigenvalue weighted by molar-refractivity contribution is 0.150. The molecule has 8 heteroatoms. The fourth-order valence-electron chi connectivity index (χ4n) is 5.64. The Balaban J connectivity index is 1.33.